The highest BCUT2D eigenvalue weighted by Gasteiger charge is 2.12. The second-order valence-corrected chi connectivity index (χ2v) is 5.31. The zero-order valence-electron chi connectivity index (χ0n) is 10.5. The van der Waals surface area contributed by atoms with Crippen LogP contribution in [0.1, 0.15) is 15.2 Å². The van der Waals surface area contributed by atoms with Gasteiger partial charge in [0.2, 0.25) is 0 Å². The third kappa shape index (κ3) is 3.00. The summed E-state index contributed by atoms with van der Waals surface area (Å²) in [5, 5.41) is 5.00. The van der Waals surface area contributed by atoms with Crippen molar-refractivity contribution in [2.75, 3.05) is 18.2 Å². The molecule has 2 aromatic rings. The molecular weight excluding hydrogens is 284 g/mol. The van der Waals surface area contributed by atoms with Crippen LogP contribution >= 0.6 is 22.9 Å². The molecule has 0 saturated carbocycles. The molecule has 0 bridgehead atoms. The number of thiophene rings is 1. The number of anilines is 2. The van der Waals surface area contributed by atoms with E-state index in [4.69, 9.17) is 22.1 Å². The molecule has 1 aromatic heterocycles. The van der Waals surface area contributed by atoms with E-state index in [9.17, 15) is 4.79 Å². The zero-order chi connectivity index (χ0) is 14.0. The third-order valence-electron chi connectivity index (χ3n) is 2.63. The van der Waals surface area contributed by atoms with Crippen molar-refractivity contribution in [3.63, 3.8) is 0 Å². The average molecular weight is 297 g/mol. The molecule has 0 aliphatic rings. The van der Waals surface area contributed by atoms with Gasteiger partial charge in [-0.1, -0.05) is 11.6 Å². The fourth-order valence-corrected chi connectivity index (χ4v) is 2.48. The maximum absolute atomic E-state index is 12.1. The van der Waals surface area contributed by atoms with E-state index in [-0.39, 0.29) is 5.91 Å². The molecule has 1 aromatic carbocycles. The van der Waals surface area contributed by atoms with Gasteiger partial charge in [0.25, 0.3) is 5.91 Å². The Kier molecular flexibility index (Phi) is 3.97. The molecule has 0 fully saturated rings. The van der Waals surface area contributed by atoms with Gasteiger partial charge in [-0.15, -0.1) is 11.3 Å². The zero-order valence-corrected chi connectivity index (χ0v) is 12.1. The Labute approximate surface area is 120 Å². The SMILES string of the molecule is COc1csc(C(=O)Nc2cc(Cl)c(N)cc2C)c1. The number of halogens is 1. The van der Waals surface area contributed by atoms with E-state index in [2.05, 4.69) is 5.32 Å². The van der Waals surface area contributed by atoms with Crippen molar-refractivity contribution in [3.8, 4) is 5.75 Å². The number of rotatable bonds is 3. The molecule has 100 valence electrons. The van der Waals surface area contributed by atoms with E-state index in [0.29, 0.717) is 27.0 Å². The van der Waals surface area contributed by atoms with Gasteiger partial charge in [0, 0.05) is 17.1 Å². The lowest BCUT2D eigenvalue weighted by Crippen LogP contribution is -2.11. The molecule has 19 heavy (non-hydrogen) atoms. The van der Waals surface area contributed by atoms with Crippen LogP contribution < -0.4 is 15.8 Å². The van der Waals surface area contributed by atoms with Gasteiger partial charge in [-0.3, -0.25) is 4.79 Å². The molecule has 0 atom stereocenters. The second-order valence-electron chi connectivity index (χ2n) is 3.99. The highest BCUT2D eigenvalue weighted by molar-refractivity contribution is 7.12. The summed E-state index contributed by atoms with van der Waals surface area (Å²) in [6, 6.07) is 5.07. The van der Waals surface area contributed by atoms with Crippen molar-refractivity contribution < 1.29 is 9.53 Å². The molecule has 1 amide bonds. The minimum atomic E-state index is -0.197. The summed E-state index contributed by atoms with van der Waals surface area (Å²) >= 11 is 7.27. The number of nitrogens with two attached hydrogens (primary N) is 1. The summed E-state index contributed by atoms with van der Waals surface area (Å²) in [5.41, 5.74) is 7.70. The predicted molar refractivity (Wildman–Crippen MR) is 79.4 cm³/mol. The van der Waals surface area contributed by atoms with Crippen molar-refractivity contribution in [3.05, 3.63) is 39.0 Å². The lowest BCUT2D eigenvalue weighted by Gasteiger charge is -2.09. The van der Waals surface area contributed by atoms with E-state index in [0.717, 1.165) is 5.56 Å². The average Bonchev–Trinajstić information content (AvgIpc) is 2.84. The first-order valence-electron chi connectivity index (χ1n) is 5.50. The Morgan fingerprint density at radius 2 is 2.16 bits per heavy atom. The highest BCUT2D eigenvalue weighted by atomic mass is 35.5. The molecule has 0 aliphatic carbocycles. The van der Waals surface area contributed by atoms with E-state index in [1.807, 2.05) is 6.92 Å². The number of ether oxygens (including phenoxy) is 1. The number of amides is 1. The number of carbonyl (C=O) groups excluding carboxylic acids is 1. The largest absolute Gasteiger partial charge is 0.496 e. The Hall–Kier alpha value is -1.72. The number of methoxy groups -OCH3 is 1. The summed E-state index contributed by atoms with van der Waals surface area (Å²) in [7, 11) is 1.56. The van der Waals surface area contributed by atoms with Crippen molar-refractivity contribution in [2.45, 2.75) is 6.92 Å². The minimum absolute atomic E-state index is 0.197. The summed E-state index contributed by atoms with van der Waals surface area (Å²) in [6.45, 7) is 1.86. The smallest absolute Gasteiger partial charge is 0.265 e. The van der Waals surface area contributed by atoms with Crippen LogP contribution in [0.4, 0.5) is 11.4 Å². The summed E-state index contributed by atoms with van der Waals surface area (Å²) in [4.78, 5) is 12.6. The van der Waals surface area contributed by atoms with Crippen LogP contribution in [0.25, 0.3) is 0 Å². The Morgan fingerprint density at radius 3 is 2.79 bits per heavy atom. The van der Waals surface area contributed by atoms with E-state index >= 15 is 0 Å². The van der Waals surface area contributed by atoms with Crippen LogP contribution in [0.2, 0.25) is 5.02 Å². The number of nitrogen functional groups attached to an aromatic ring is 1. The van der Waals surface area contributed by atoms with Gasteiger partial charge in [-0.05, 0) is 24.6 Å². The van der Waals surface area contributed by atoms with Crippen molar-refractivity contribution >= 4 is 40.2 Å². The minimum Gasteiger partial charge on any atom is -0.496 e. The van der Waals surface area contributed by atoms with Crippen LogP contribution in [0, 0.1) is 6.92 Å². The van der Waals surface area contributed by atoms with Gasteiger partial charge < -0.3 is 15.8 Å². The number of hydrogen-bond acceptors (Lipinski definition) is 4. The lowest BCUT2D eigenvalue weighted by atomic mass is 10.1. The molecule has 6 heteroatoms. The monoisotopic (exact) mass is 296 g/mol. The number of aryl methyl sites for hydroxylation is 1. The van der Waals surface area contributed by atoms with Crippen molar-refractivity contribution in [1.82, 2.24) is 0 Å². The first-order valence-corrected chi connectivity index (χ1v) is 6.76. The summed E-state index contributed by atoms with van der Waals surface area (Å²) in [5.74, 6) is 0.472. The fraction of sp³-hybridized carbons (Fsp3) is 0.154. The molecule has 1 heterocycles. The molecule has 0 spiro atoms. The first-order chi connectivity index (χ1) is 9.01. The van der Waals surface area contributed by atoms with Crippen molar-refractivity contribution in [1.29, 1.82) is 0 Å². The van der Waals surface area contributed by atoms with Crippen molar-refractivity contribution in [2.24, 2.45) is 0 Å². The van der Waals surface area contributed by atoms with Gasteiger partial charge in [0.05, 0.1) is 22.7 Å². The molecular formula is C13H13ClN2O2S. The molecule has 4 nitrogen and oxygen atoms in total. The standard InChI is InChI=1S/C13H13ClN2O2S/c1-7-3-10(15)9(14)5-11(7)16-13(17)12-4-8(18-2)6-19-12/h3-6H,15H2,1-2H3,(H,16,17). The molecule has 0 aliphatic heterocycles. The predicted octanol–water partition coefficient (Wildman–Crippen LogP) is 3.55. The van der Waals surface area contributed by atoms with Gasteiger partial charge in [0.1, 0.15) is 5.75 Å². The van der Waals surface area contributed by atoms with E-state index < -0.39 is 0 Å². The Morgan fingerprint density at radius 1 is 1.42 bits per heavy atom. The van der Waals surface area contributed by atoms with Crippen LogP contribution in [0.5, 0.6) is 5.75 Å². The van der Waals surface area contributed by atoms with Crippen LogP contribution in [-0.4, -0.2) is 13.0 Å². The number of hydrogen-bond donors (Lipinski definition) is 2. The normalized spacial score (nSPS) is 10.3. The van der Waals surface area contributed by atoms with Crippen LogP contribution in [0.3, 0.4) is 0 Å². The molecule has 0 unspecified atom stereocenters. The number of nitrogens with one attached hydrogen (secondary N) is 1. The van der Waals surface area contributed by atoms with Gasteiger partial charge >= 0.3 is 0 Å². The van der Waals surface area contributed by atoms with Gasteiger partial charge in [-0.2, -0.15) is 0 Å². The first kappa shape index (κ1) is 13.7. The topological polar surface area (TPSA) is 64.3 Å². The highest BCUT2D eigenvalue weighted by Crippen LogP contribution is 2.28. The van der Waals surface area contributed by atoms with Crippen LogP contribution in [-0.2, 0) is 0 Å². The van der Waals surface area contributed by atoms with E-state index in [1.54, 1.807) is 30.7 Å². The molecule has 2 rings (SSSR count). The maximum atomic E-state index is 12.1. The lowest BCUT2D eigenvalue weighted by molar-refractivity contribution is 0.103. The third-order valence-corrected chi connectivity index (χ3v) is 3.86. The van der Waals surface area contributed by atoms with Gasteiger partial charge in [-0.25, -0.2) is 0 Å². The quantitative estimate of drug-likeness (QED) is 0.851. The van der Waals surface area contributed by atoms with E-state index in [1.165, 1.54) is 11.3 Å². The molecule has 3 N–H and O–H groups in total. The Bertz CT molecular complexity index is 625. The van der Waals surface area contributed by atoms with Gasteiger partial charge in [0.15, 0.2) is 0 Å². The molecule has 0 saturated heterocycles. The second kappa shape index (κ2) is 5.50. The summed E-state index contributed by atoms with van der Waals surface area (Å²) in [6.07, 6.45) is 0. The van der Waals surface area contributed by atoms with Crippen LogP contribution in [0.15, 0.2) is 23.6 Å². The Balaban J connectivity index is 2.21. The fourth-order valence-electron chi connectivity index (χ4n) is 1.57. The molecule has 0 radical (unpaired) electrons. The number of carbonyl (C=O) groups is 1. The summed E-state index contributed by atoms with van der Waals surface area (Å²) < 4.78 is 5.05. The number of benzene rings is 1. The maximum Gasteiger partial charge on any atom is 0.265 e.